The number of carbonyl (C=O) groups excluding carboxylic acids is 1. The number of rotatable bonds is 2. The second-order valence-corrected chi connectivity index (χ2v) is 5.15. The first-order valence-corrected chi connectivity index (χ1v) is 7.12. The number of anilines is 2. The van der Waals surface area contributed by atoms with Crippen LogP contribution in [0.15, 0.2) is 48.5 Å². The summed E-state index contributed by atoms with van der Waals surface area (Å²) >= 11 is 0. The quantitative estimate of drug-likeness (QED) is 0.918. The third-order valence-corrected chi connectivity index (χ3v) is 3.64. The van der Waals surface area contributed by atoms with Crippen molar-refractivity contribution in [2.45, 2.75) is 12.8 Å². The molecule has 0 saturated heterocycles. The zero-order valence-corrected chi connectivity index (χ0v) is 11.7. The van der Waals surface area contributed by atoms with E-state index in [1.54, 1.807) is 12.1 Å². The van der Waals surface area contributed by atoms with Crippen molar-refractivity contribution in [3.05, 3.63) is 59.9 Å². The van der Waals surface area contributed by atoms with Crippen LogP contribution >= 0.6 is 0 Å². The molecule has 1 amide bonds. The Morgan fingerprint density at radius 3 is 2.71 bits per heavy atom. The van der Waals surface area contributed by atoms with Gasteiger partial charge in [-0.1, -0.05) is 24.3 Å². The molecule has 1 aliphatic rings. The summed E-state index contributed by atoms with van der Waals surface area (Å²) in [5.74, 6) is -0.242. The molecular formula is C17H17FN2O. The maximum atomic E-state index is 12.9. The molecule has 1 heterocycles. The van der Waals surface area contributed by atoms with E-state index in [9.17, 15) is 9.18 Å². The highest BCUT2D eigenvalue weighted by atomic mass is 19.1. The molecular weight excluding hydrogens is 267 g/mol. The zero-order valence-electron chi connectivity index (χ0n) is 11.7. The van der Waals surface area contributed by atoms with E-state index >= 15 is 0 Å². The number of nitrogens with one attached hydrogen (secondary N) is 1. The molecule has 0 aromatic heterocycles. The summed E-state index contributed by atoms with van der Waals surface area (Å²) in [5.41, 5.74) is 2.74. The van der Waals surface area contributed by atoms with Gasteiger partial charge in [0.2, 0.25) is 5.91 Å². The van der Waals surface area contributed by atoms with Crippen LogP contribution in [-0.2, 0) is 11.2 Å². The zero-order chi connectivity index (χ0) is 14.7. The largest absolute Gasteiger partial charge is 0.383 e. The van der Waals surface area contributed by atoms with E-state index in [-0.39, 0.29) is 18.1 Å². The Balaban J connectivity index is 1.82. The topological polar surface area (TPSA) is 32.3 Å². The van der Waals surface area contributed by atoms with E-state index in [1.165, 1.54) is 12.1 Å². The molecule has 108 valence electrons. The Hall–Kier alpha value is -2.36. The van der Waals surface area contributed by atoms with E-state index in [4.69, 9.17) is 0 Å². The molecule has 1 N–H and O–H groups in total. The molecule has 21 heavy (non-hydrogen) atoms. The van der Waals surface area contributed by atoms with Gasteiger partial charge < -0.3 is 10.2 Å². The van der Waals surface area contributed by atoms with Crippen molar-refractivity contribution in [3.63, 3.8) is 0 Å². The first kappa shape index (κ1) is 13.6. The summed E-state index contributed by atoms with van der Waals surface area (Å²) in [4.78, 5) is 14.4. The summed E-state index contributed by atoms with van der Waals surface area (Å²) in [6, 6.07) is 13.9. The smallest absolute Gasteiger partial charge is 0.231 e. The van der Waals surface area contributed by atoms with Crippen LogP contribution in [0.1, 0.15) is 12.0 Å². The predicted octanol–water partition coefficient (Wildman–Crippen LogP) is 3.22. The van der Waals surface area contributed by atoms with Gasteiger partial charge >= 0.3 is 0 Å². The molecule has 0 atom stereocenters. The van der Waals surface area contributed by atoms with Gasteiger partial charge in [-0.25, -0.2) is 4.39 Å². The molecule has 0 spiro atoms. The number of amides is 1. The van der Waals surface area contributed by atoms with E-state index in [1.807, 2.05) is 29.2 Å². The number of hydrogen-bond donors (Lipinski definition) is 1. The Morgan fingerprint density at radius 1 is 1.14 bits per heavy atom. The van der Waals surface area contributed by atoms with Gasteiger partial charge in [0, 0.05) is 13.1 Å². The number of para-hydroxylation sites is 2. The SMILES string of the molecule is O=C(Cc1ccc(F)cc1)N1CCCNc2ccccc21. The number of halogens is 1. The molecule has 0 saturated carbocycles. The number of carbonyl (C=O) groups is 1. The lowest BCUT2D eigenvalue weighted by Crippen LogP contribution is -2.32. The van der Waals surface area contributed by atoms with Gasteiger partial charge in [-0.3, -0.25) is 4.79 Å². The third kappa shape index (κ3) is 3.05. The van der Waals surface area contributed by atoms with Crippen molar-refractivity contribution in [2.75, 3.05) is 23.3 Å². The fourth-order valence-electron chi connectivity index (χ4n) is 2.57. The molecule has 3 nitrogen and oxygen atoms in total. The minimum atomic E-state index is -0.282. The lowest BCUT2D eigenvalue weighted by Gasteiger charge is -2.22. The lowest BCUT2D eigenvalue weighted by molar-refractivity contribution is -0.118. The molecule has 4 heteroatoms. The van der Waals surface area contributed by atoms with Crippen LogP contribution in [0, 0.1) is 5.82 Å². The maximum Gasteiger partial charge on any atom is 0.231 e. The fraction of sp³-hybridized carbons (Fsp3) is 0.235. The van der Waals surface area contributed by atoms with Crippen molar-refractivity contribution < 1.29 is 9.18 Å². The standard InChI is InChI=1S/C17H17FN2O/c18-14-8-6-13(7-9-14)12-17(21)20-11-3-10-19-15-4-1-2-5-16(15)20/h1-2,4-9,19H,3,10-12H2. The normalized spacial score (nSPS) is 14.0. The van der Waals surface area contributed by atoms with Crippen molar-refractivity contribution in [3.8, 4) is 0 Å². The first-order chi connectivity index (χ1) is 10.2. The third-order valence-electron chi connectivity index (χ3n) is 3.64. The van der Waals surface area contributed by atoms with Crippen molar-refractivity contribution in [1.82, 2.24) is 0 Å². The number of nitrogens with zero attached hydrogens (tertiary/aromatic N) is 1. The molecule has 1 aliphatic heterocycles. The molecule has 2 aromatic carbocycles. The predicted molar refractivity (Wildman–Crippen MR) is 82.0 cm³/mol. The number of hydrogen-bond acceptors (Lipinski definition) is 2. The maximum absolute atomic E-state index is 12.9. The monoisotopic (exact) mass is 284 g/mol. The van der Waals surface area contributed by atoms with Gasteiger partial charge in [0.1, 0.15) is 5.82 Å². The molecule has 0 bridgehead atoms. The number of benzene rings is 2. The van der Waals surface area contributed by atoms with E-state index in [2.05, 4.69) is 5.32 Å². The first-order valence-electron chi connectivity index (χ1n) is 7.12. The van der Waals surface area contributed by atoms with Crippen LogP contribution in [0.2, 0.25) is 0 Å². The summed E-state index contributed by atoms with van der Waals surface area (Å²) < 4.78 is 12.9. The molecule has 0 unspecified atom stereocenters. The highest BCUT2D eigenvalue weighted by molar-refractivity contribution is 5.98. The van der Waals surface area contributed by atoms with Gasteiger partial charge in [0.05, 0.1) is 17.8 Å². The van der Waals surface area contributed by atoms with Gasteiger partial charge in [-0.15, -0.1) is 0 Å². The van der Waals surface area contributed by atoms with Gasteiger partial charge in [-0.2, -0.15) is 0 Å². The van der Waals surface area contributed by atoms with Crippen molar-refractivity contribution in [1.29, 1.82) is 0 Å². The van der Waals surface area contributed by atoms with E-state index in [0.29, 0.717) is 6.54 Å². The Bertz CT molecular complexity index is 639. The average Bonchev–Trinajstić information content (AvgIpc) is 2.72. The van der Waals surface area contributed by atoms with Crippen molar-refractivity contribution >= 4 is 17.3 Å². The van der Waals surface area contributed by atoms with Crippen LogP contribution < -0.4 is 10.2 Å². The molecule has 3 rings (SSSR count). The Labute approximate surface area is 123 Å². The van der Waals surface area contributed by atoms with Crippen LogP contribution in [0.3, 0.4) is 0 Å². The van der Waals surface area contributed by atoms with Crippen LogP contribution in [0.4, 0.5) is 15.8 Å². The van der Waals surface area contributed by atoms with Gasteiger partial charge in [-0.05, 0) is 36.2 Å². The lowest BCUT2D eigenvalue weighted by atomic mass is 10.1. The van der Waals surface area contributed by atoms with Crippen LogP contribution in [0.25, 0.3) is 0 Å². The van der Waals surface area contributed by atoms with E-state index < -0.39 is 0 Å². The van der Waals surface area contributed by atoms with Crippen LogP contribution in [0.5, 0.6) is 0 Å². The second-order valence-electron chi connectivity index (χ2n) is 5.15. The molecule has 0 radical (unpaired) electrons. The highest BCUT2D eigenvalue weighted by Crippen LogP contribution is 2.28. The summed E-state index contributed by atoms with van der Waals surface area (Å²) in [5, 5.41) is 3.34. The van der Waals surface area contributed by atoms with Gasteiger partial charge in [0.15, 0.2) is 0 Å². The van der Waals surface area contributed by atoms with Crippen molar-refractivity contribution in [2.24, 2.45) is 0 Å². The molecule has 0 aliphatic carbocycles. The highest BCUT2D eigenvalue weighted by Gasteiger charge is 2.20. The minimum absolute atomic E-state index is 0.0396. The minimum Gasteiger partial charge on any atom is -0.383 e. The summed E-state index contributed by atoms with van der Waals surface area (Å²) in [6.07, 6.45) is 1.19. The summed E-state index contributed by atoms with van der Waals surface area (Å²) in [7, 11) is 0. The molecule has 0 fully saturated rings. The van der Waals surface area contributed by atoms with Gasteiger partial charge in [0.25, 0.3) is 0 Å². The number of fused-ring (bicyclic) bond motifs is 1. The van der Waals surface area contributed by atoms with E-state index in [0.717, 1.165) is 29.9 Å². The fourth-order valence-corrected chi connectivity index (χ4v) is 2.57. The Morgan fingerprint density at radius 2 is 1.90 bits per heavy atom. The summed E-state index contributed by atoms with van der Waals surface area (Å²) in [6.45, 7) is 1.56. The van der Waals surface area contributed by atoms with Crippen LogP contribution in [-0.4, -0.2) is 19.0 Å². The second kappa shape index (κ2) is 5.95. The Kier molecular flexibility index (Phi) is 3.86. The average molecular weight is 284 g/mol. The molecule has 2 aromatic rings.